The van der Waals surface area contributed by atoms with Gasteiger partial charge in [0, 0.05) is 0 Å². The van der Waals surface area contributed by atoms with E-state index in [-0.39, 0.29) is 11.9 Å². The molecule has 0 aliphatic heterocycles. The summed E-state index contributed by atoms with van der Waals surface area (Å²) in [5.74, 6) is -0.261. The van der Waals surface area contributed by atoms with Crippen molar-refractivity contribution in [3.05, 3.63) is 41.5 Å². The zero-order chi connectivity index (χ0) is 15.2. The zero-order valence-corrected chi connectivity index (χ0v) is 12.9. The number of nitrogens with zero attached hydrogens (tertiary/aromatic N) is 3. The summed E-state index contributed by atoms with van der Waals surface area (Å²) in [6.45, 7) is 7.30. The van der Waals surface area contributed by atoms with E-state index in [0.717, 1.165) is 42.9 Å². The van der Waals surface area contributed by atoms with Crippen LogP contribution in [0.2, 0.25) is 0 Å². The number of halogens is 1. The largest absolute Gasteiger partial charge is 0.309 e. The molecule has 1 aromatic heterocycles. The van der Waals surface area contributed by atoms with Gasteiger partial charge in [0.2, 0.25) is 0 Å². The molecule has 1 atom stereocenters. The van der Waals surface area contributed by atoms with Crippen LogP contribution in [-0.2, 0) is 6.42 Å². The van der Waals surface area contributed by atoms with E-state index >= 15 is 0 Å². The third-order valence-electron chi connectivity index (χ3n) is 3.56. The first-order chi connectivity index (χ1) is 10.2. The van der Waals surface area contributed by atoms with E-state index in [9.17, 15) is 4.39 Å². The van der Waals surface area contributed by atoms with Gasteiger partial charge < -0.3 is 5.32 Å². The Balaban J connectivity index is 2.37. The summed E-state index contributed by atoms with van der Waals surface area (Å²) in [6, 6.07) is 6.66. The fourth-order valence-electron chi connectivity index (χ4n) is 2.48. The van der Waals surface area contributed by atoms with Gasteiger partial charge in [-0.3, -0.25) is 0 Å². The van der Waals surface area contributed by atoms with Crippen molar-refractivity contribution >= 4 is 0 Å². The summed E-state index contributed by atoms with van der Waals surface area (Å²) < 4.78 is 15.2. The van der Waals surface area contributed by atoms with Gasteiger partial charge in [-0.05, 0) is 44.0 Å². The second-order valence-corrected chi connectivity index (χ2v) is 5.08. The molecular weight excluding hydrogens is 267 g/mol. The lowest BCUT2D eigenvalue weighted by Gasteiger charge is -2.15. The second kappa shape index (κ2) is 7.31. The first-order valence-corrected chi connectivity index (χ1v) is 7.65. The van der Waals surface area contributed by atoms with Gasteiger partial charge in [-0.2, -0.15) is 0 Å². The molecular formula is C16H23FN4. The van der Waals surface area contributed by atoms with Crippen LogP contribution < -0.4 is 5.32 Å². The highest BCUT2D eigenvalue weighted by molar-refractivity contribution is 5.34. The van der Waals surface area contributed by atoms with Gasteiger partial charge in [0.25, 0.3) is 0 Å². The van der Waals surface area contributed by atoms with E-state index in [2.05, 4.69) is 36.4 Å². The topological polar surface area (TPSA) is 42.7 Å². The average molecular weight is 290 g/mol. The van der Waals surface area contributed by atoms with Crippen LogP contribution in [0.4, 0.5) is 4.39 Å². The number of hydrogen-bond donors (Lipinski definition) is 1. The highest BCUT2D eigenvalue weighted by atomic mass is 19.1. The lowest BCUT2D eigenvalue weighted by Crippen LogP contribution is -2.23. The van der Waals surface area contributed by atoms with E-state index in [4.69, 9.17) is 0 Å². The van der Waals surface area contributed by atoms with Gasteiger partial charge in [0.15, 0.2) is 0 Å². The maximum absolute atomic E-state index is 13.4. The maximum atomic E-state index is 13.4. The minimum atomic E-state index is -0.261. The molecule has 2 aromatic rings. The Bertz CT molecular complexity index is 579. The van der Waals surface area contributed by atoms with E-state index in [1.54, 1.807) is 10.7 Å². The Morgan fingerprint density at radius 2 is 2.10 bits per heavy atom. The molecule has 0 amide bonds. The number of rotatable bonds is 7. The Kier molecular flexibility index (Phi) is 5.44. The Hall–Kier alpha value is -1.75. The molecule has 0 saturated carbocycles. The summed E-state index contributed by atoms with van der Waals surface area (Å²) in [5, 5.41) is 12.1. The van der Waals surface area contributed by atoms with Crippen LogP contribution in [0, 0.1) is 5.82 Å². The highest BCUT2D eigenvalue weighted by Gasteiger charge is 2.19. The fraction of sp³-hybridized carbons (Fsp3) is 0.500. The summed E-state index contributed by atoms with van der Waals surface area (Å²) in [6.07, 6.45) is 2.84. The molecule has 0 fully saturated rings. The van der Waals surface area contributed by atoms with Crippen LogP contribution >= 0.6 is 0 Å². The Morgan fingerprint density at radius 1 is 1.29 bits per heavy atom. The van der Waals surface area contributed by atoms with Crippen LogP contribution in [0.1, 0.15) is 51.0 Å². The first-order valence-electron chi connectivity index (χ1n) is 7.65. The monoisotopic (exact) mass is 290 g/mol. The number of aromatic nitrogens is 3. The SMILES string of the molecule is CCCNC(CC)c1nnn(-c2cccc(F)c2)c1CC. The summed E-state index contributed by atoms with van der Waals surface area (Å²) >= 11 is 0. The molecule has 0 aliphatic carbocycles. The lowest BCUT2D eigenvalue weighted by molar-refractivity contribution is 0.503. The van der Waals surface area contributed by atoms with E-state index in [1.165, 1.54) is 12.1 Å². The number of nitrogens with one attached hydrogen (secondary N) is 1. The highest BCUT2D eigenvalue weighted by Crippen LogP contribution is 2.22. The summed E-state index contributed by atoms with van der Waals surface area (Å²) in [4.78, 5) is 0. The zero-order valence-electron chi connectivity index (χ0n) is 12.9. The van der Waals surface area contributed by atoms with Gasteiger partial charge in [-0.25, -0.2) is 9.07 Å². The normalized spacial score (nSPS) is 12.6. The van der Waals surface area contributed by atoms with E-state index in [1.807, 2.05) is 6.07 Å². The Morgan fingerprint density at radius 3 is 2.71 bits per heavy atom. The van der Waals surface area contributed by atoms with Crippen LogP contribution in [0.5, 0.6) is 0 Å². The molecule has 4 nitrogen and oxygen atoms in total. The molecule has 0 spiro atoms. The predicted octanol–water partition coefficient (Wildman–Crippen LogP) is 3.42. The van der Waals surface area contributed by atoms with Crippen molar-refractivity contribution in [2.24, 2.45) is 0 Å². The summed E-state index contributed by atoms with van der Waals surface area (Å²) in [7, 11) is 0. The van der Waals surface area contributed by atoms with Crippen LogP contribution in [0.3, 0.4) is 0 Å². The molecule has 1 N–H and O–H groups in total. The minimum Gasteiger partial charge on any atom is -0.309 e. The predicted molar refractivity (Wildman–Crippen MR) is 82.0 cm³/mol. The van der Waals surface area contributed by atoms with E-state index < -0.39 is 0 Å². The van der Waals surface area contributed by atoms with Crippen molar-refractivity contribution in [1.29, 1.82) is 0 Å². The van der Waals surface area contributed by atoms with Crippen molar-refractivity contribution in [1.82, 2.24) is 20.3 Å². The maximum Gasteiger partial charge on any atom is 0.125 e. The second-order valence-electron chi connectivity index (χ2n) is 5.08. The van der Waals surface area contributed by atoms with Crippen LogP contribution in [-0.4, -0.2) is 21.5 Å². The minimum absolute atomic E-state index is 0.196. The number of hydrogen-bond acceptors (Lipinski definition) is 3. The Labute approximate surface area is 125 Å². The van der Waals surface area contributed by atoms with Crippen molar-refractivity contribution in [2.75, 3.05) is 6.54 Å². The smallest absolute Gasteiger partial charge is 0.125 e. The average Bonchev–Trinajstić information content (AvgIpc) is 2.92. The molecule has 114 valence electrons. The third-order valence-corrected chi connectivity index (χ3v) is 3.56. The molecule has 1 heterocycles. The quantitative estimate of drug-likeness (QED) is 0.849. The van der Waals surface area contributed by atoms with Gasteiger partial charge in [-0.1, -0.05) is 32.1 Å². The lowest BCUT2D eigenvalue weighted by atomic mass is 10.1. The fourth-order valence-corrected chi connectivity index (χ4v) is 2.48. The van der Waals surface area contributed by atoms with Crippen molar-refractivity contribution < 1.29 is 4.39 Å². The van der Waals surface area contributed by atoms with Crippen LogP contribution in [0.15, 0.2) is 24.3 Å². The molecule has 0 aliphatic rings. The van der Waals surface area contributed by atoms with Crippen LogP contribution in [0.25, 0.3) is 5.69 Å². The first kappa shape index (κ1) is 15.6. The summed E-state index contributed by atoms with van der Waals surface area (Å²) in [5.41, 5.74) is 2.73. The molecule has 21 heavy (non-hydrogen) atoms. The van der Waals surface area contributed by atoms with Gasteiger partial charge in [0.1, 0.15) is 11.5 Å². The van der Waals surface area contributed by atoms with Gasteiger partial charge in [0.05, 0.1) is 17.4 Å². The molecule has 1 unspecified atom stereocenters. The van der Waals surface area contributed by atoms with Gasteiger partial charge in [-0.15, -0.1) is 5.10 Å². The third kappa shape index (κ3) is 3.47. The van der Waals surface area contributed by atoms with E-state index in [0.29, 0.717) is 0 Å². The van der Waals surface area contributed by atoms with Crippen molar-refractivity contribution in [2.45, 2.75) is 46.1 Å². The molecule has 5 heteroatoms. The molecule has 0 bridgehead atoms. The number of benzene rings is 1. The van der Waals surface area contributed by atoms with Gasteiger partial charge >= 0.3 is 0 Å². The molecule has 1 aromatic carbocycles. The van der Waals surface area contributed by atoms with Crippen molar-refractivity contribution in [3.8, 4) is 5.69 Å². The van der Waals surface area contributed by atoms with Crippen molar-refractivity contribution in [3.63, 3.8) is 0 Å². The standard InChI is InChI=1S/C16H23FN4/c1-4-10-18-14(5-2)16-15(6-3)21(20-19-16)13-9-7-8-12(17)11-13/h7-9,11,14,18H,4-6,10H2,1-3H3. The molecule has 0 radical (unpaired) electrons. The molecule has 2 rings (SSSR count). The molecule has 0 saturated heterocycles.